The second-order valence-corrected chi connectivity index (χ2v) is 2.88. The molecule has 0 aliphatic carbocycles. The summed E-state index contributed by atoms with van der Waals surface area (Å²) in [5, 5.41) is 18.3. The first-order chi connectivity index (χ1) is 7.04. The number of carbonyl (C=O) groups excluding carboxylic acids is 2. The third-order valence-electron chi connectivity index (χ3n) is 1.81. The maximum Gasteiger partial charge on any atom is 0.313 e. The molecule has 0 amide bonds. The van der Waals surface area contributed by atoms with Crippen LogP contribution in [0.4, 0.5) is 0 Å². The molecule has 5 heteroatoms. The Bertz CT molecular complexity index is 397. The summed E-state index contributed by atoms with van der Waals surface area (Å²) in [6, 6.07) is 3.53. The zero-order chi connectivity index (χ0) is 11.4. The van der Waals surface area contributed by atoms with Crippen molar-refractivity contribution in [2.45, 2.75) is 6.42 Å². The lowest BCUT2D eigenvalue weighted by molar-refractivity contribution is -0.139. The van der Waals surface area contributed by atoms with Crippen molar-refractivity contribution in [3.05, 3.63) is 23.8 Å². The van der Waals surface area contributed by atoms with Gasteiger partial charge in [-0.1, -0.05) is 0 Å². The third-order valence-corrected chi connectivity index (χ3v) is 1.81. The van der Waals surface area contributed by atoms with E-state index < -0.39 is 18.2 Å². The number of phenolic OH excluding ortho intramolecular Hbond substituents is 2. The van der Waals surface area contributed by atoms with Crippen LogP contribution in [0.2, 0.25) is 0 Å². The van der Waals surface area contributed by atoms with Gasteiger partial charge in [0.2, 0.25) is 0 Å². The van der Waals surface area contributed by atoms with E-state index in [1.807, 2.05) is 0 Å². The Labute approximate surface area is 85.9 Å². The van der Waals surface area contributed by atoms with Gasteiger partial charge in [-0.05, 0) is 12.1 Å². The summed E-state index contributed by atoms with van der Waals surface area (Å²) in [6.45, 7) is 0. The molecular weight excluding hydrogens is 200 g/mol. The second kappa shape index (κ2) is 4.45. The number of hydrogen-bond donors (Lipinski definition) is 2. The normalized spacial score (nSPS) is 9.67. The molecule has 0 spiro atoms. The number of carbonyl (C=O) groups is 2. The van der Waals surface area contributed by atoms with Crippen LogP contribution in [0.15, 0.2) is 18.2 Å². The van der Waals surface area contributed by atoms with Crippen LogP contribution >= 0.6 is 0 Å². The van der Waals surface area contributed by atoms with Crippen molar-refractivity contribution in [3.63, 3.8) is 0 Å². The van der Waals surface area contributed by atoms with Gasteiger partial charge in [0.05, 0.1) is 12.7 Å². The van der Waals surface area contributed by atoms with Crippen LogP contribution in [0.5, 0.6) is 11.5 Å². The van der Waals surface area contributed by atoms with Crippen molar-refractivity contribution in [2.24, 2.45) is 0 Å². The number of benzene rings is 1. The predicted octanol–water partition coefficient (Wildman–Crippen LogP) is 0.844. The fourth-order valence-corrected chi connectivity index (χ4v) is 1.05. The Kier molecular flexibility index (Phi) is 3.28. The van der Waals surface area contributed by atoms with Crippen LogP contribution in [0.25, 0.3) is 0 Å². The molecule has 0 saturated carbocycles. The minimum Gasteiger partial charge on any atom is -0.508 e. The van der Waals surface area contributed by atoms with Crippen LogP contribution < -0.4 is 0 Å². The highest BCUT2D eigenvalue weighted by molar-refractivity contribution is 6.07. The fourth-order valence-electron chi connectivity index (χ4n) is 1.05. The molecule has 2 N–H and O–H groups in total. The van der Waals surface area contributed by atoms with Crippen LogP contribution in [0, 0.1) is 0 Å². The predicted molar refractivity (Wildman–Crippen MR) is 50.7 cm³/mol. The largest absolute Gasteiger partial charge is 0.508 e. The summed E-state index contributed by atoms with van der Waals surface area (Å²) in [4.78, 5) is 22.2. The summed E-state index contributed by atoms with van der Waals surface area (Å²) in [5.41, 5.74) is -0.0156. The van der Waals surface area contributed by atoms with Crippen LogP contribution in [0.1, 0.15) is 16.8 Å². The molecule has 0 aliphatic rings. The van der Waals surface area contributed by atoms with E-state index in [9.17, 15) is 14.7 Å². The maximum absolute atomic E-state index is 11.4. The summed E-state index contributed by atoms with van der Waals surface area (Å²) >= 11 is 0. The standard InChI is InChI=1S/C10H10O5/c1-15-10(14)5-9(13)7-3-2-6(11)4-8(7)12/h2-4,11-12H,5H2,1H3. The number of hydrogen-bond acceptors (Lipinski definition) is 5. The lowest BCUT2D eigenvalue weighted by Gasteiger charge is -2.03. The van der Waals surface area contributed by atoms with Gasteiger partial charge in [0.15, 0.2) is 5.78 Å². The number of esters is 1. The Hall–Kier alpha value is -2.04. The zero-order valence-electron chi connectivity index (χ0n) is 8.06. The first kappa shape index (κ1) is 11.0. The molecule has 80 valence electrons. The van der Waals surface area contributed by atoms with E-state index in [1.54, 1.807) is 0 Å². The Morgan fingerprint density at radius 3 is 2.53 bits per heavy atom. The summed E-state index contributed by atoms with van der Waals surface area (Å²) in [7, 11) is 1.17. The van der Waals surface area contributed by atoms with Gasteiger partial charge >= 0.3 is 5.97 Å². The molecule has 1 aromatic rings. The van der Waals surface area contributed by atoms with E-state index >= 15 is 0 Å². The van der Waals surface area contributed by atoms with Gasteiger partial charge in [-0.15, -0.1) is 0 Å². The maximum atomic E-state index is 11.4. The summed E-state index contributed by atoms with van der Waals surface area (Å²) in [5.74, 6) is -1.74. The molecule has 5 nitrogen and oxygen atoms in total. The molecule has 0 fully saturated rings. The van der Waals surface area contributed by atoms with Gasteiger partial charge in [0.25, 0.3) is 0 Å². The van der Waals surface area contributed by atoms with E-state index in [1.165, 1.54) is 19.2 Å². The fraction of sp³-hybridized carbons (Fsp3) is 0.200. The van der Waals surface area contributed by atoms with E-state index in [0.29, 0.717) is 0 Å². The molecule has 1 aromatic carbocycles. The minimum absolute atomic E-state index is 0.0156. The first-order valence-corrected chi connectivity index (χ1v) is 4.16. The quantitative estimate of drug-likeness (QED) is 0.439. The van der Waals surface area contributed by atoms with E-state index in [-0.39, 0.29) is 17.1 Å². The number of aromatic hydroxyl groups is 2. The van der Waals surface area contributed by atoms with Gasteiger partial charge in [-0.25, -0.2) is 0 Å². The molecule has 0 heterocycles. The number of ketones is 1. The van der Waals surface area contributed by atoms with Crippen molar-refractivity contribution < 1.29 is 24.5 Å². The molecule has 15 heavy (non-hydrogen) atoms. The topological polar surface area (TPSA) is 83.8 Å². The summed E-state index contributed by atoms with van der Waals surface area (Å²) < 4.78 is 4.32. The van der Waals surface area contributed by atoms with Crippen molar-refractivity contribution in [1.82, 2.24) is 0 Å². The molecule has 0 atom stereocenters. The van der Waals surface area contributed by atoms with Crippen molar-refractivity contribution in [1.29, 1.82) is 0 Å². The Morgan fingerprint density at radius 1 is 1.33 bits per heavy atom. The van der Waals surface area contributed by atoms with Gasteiger partial charge in [0.1, 0.15) is 17.9 Å². The molecular formula is C10H10O5. The van der Waals surface area contributed by atoms with Crippen molar-refractivity contribution in [2.75, 3.05) is 7.11 Å². The minimum atomic E-state index is -0.674. The monoisotopic (exact) mass is 210 g/mol. The van der Waals surface area contributed by atoms with Gasteiger partial charge in [0, 0.05) is 6.07 Å². The van der Waals surface area contributed by atoms with E-state index in [2.05, 4.69) is 4.74 Å². The molecule has 1 rings (SSSR count). The van der Waals surface area contributed by atoms with Crippen molar-refractivity contribution >= 4 is 11.8 Å². The SMILES string of the molecule is COC(=O)CC(=O)c1ccc(O)cc1O. The van der Waals surface area contributed by atoms with Gasteiger partial charge in [-0.3, -0.25) is 9.59 Å². The highest BCUT2D eigenvalue weighted by Crippen LogP contribution is 2.23. The number of phenols is 2. The second-order valence-electron chi connectivity index (χ2n) is 2.88. The lowest BCUT2D eigenvalue weighted by atomic mass is 10.1. The highest BCUT2D eigenvalue weighted by atomic mass is 16.5. The van der Waals surface area contributed by atoms with Crippen LogP contribution in [0.3, 0.4) is 0 Å². The molecule has 0 bridgehead atoms. The highest BCUT2D eigenvalue weighted by Gasteiger charge is 2.15. The molecule has 0 saturated heterocycles. The molecule has 0 aromatic heterocycles. The van der Waals surface area contributed by atoms with Gasteiger partial charge < -0.3 is 14.9 Å². The van der Waals surface area contributed by atoms with Crippen molar-refractivity contribution in [3.8, 4) is 11.5 Å². The third kappa shape index (κ3) is 2.70. The Balaban J connectivity index is 2.87. The molecule has 0 radical (unpaired) electrons. The first-order valence-electron chi connectivity index (χ1n) is 4.16. The zero-order valence-corrected chi connectivity index (χ0v) is 8.06. The van der Waals surface area contributed by atoms with Crippen LogP contribution in [-0.2, 0) is 9.53 Å². The average molecular weight is 210 g/mol. The average Bonchev–Trinajstić information content (AvgIpc) is 2.17. The Morgan fingerprint density at radius 2 is 2.00 bits per heavy atom. The van der Waals surface area contributed by atoms with E-state index in [4.69, 9.17) is 5.11 Å². The number of rotatable bonds is 3. The lowest BCUT2D eigenvalue weighted by Crippen LogP contribution is -2.09. The molecule has 0 aliphatic heterocycles. The smallest absolute Gasteiger partial charge is 0.313 e. The number of ether oxygens (including phenoxy) is 1. The number of Topliss-reactive ketones (excluding diaryl/α,β-unsaturated/α-hetero) is 1. The number of methoxy groups -OCH3 is 1. The van der Waals surface area contributed by atoms with Gasteiger partial charge in [-0.2, -0.15) is 0 Å². The summed E-state index contributed by atoms with van der Waals surface area (Å²) in [6.07, 6.45) is -0.436. The van der Waals surface area contributed by atoms with Crippen LogP contribution in [-0.4, -0.2) is 29.1 Å². The van der Waals surface area contributed by atoms with E-state index in [0.717, 1.165) is 6.07 Å². The molecule has 0 unspecified atom stereocenters.